The molecule has 0 radical (unpaired) electrons. The van der Waals surface area contributed by atoms with Gasteiger partial charge in [-0.2, -0.15) is 0 Å². The van der Waals surface area contributed by atoms with Crippen molar-refractivity contribution in [1.29, 1.82) is 0 Å². The predicted octanol–water partition coefficient (Wildman–Crippen LogP) is 1.57. The van der Waals surface area contributed by atoms with Crippen molar-refractivity contribution in [3.8, 4) is 0 Å². The molecule has 0 aromatic rings. The van der Waals surface area contributed by atoms with Gasteiger partial charge in [0.15, 0.2) is 0 Å². The molecule has 0 aliphatic rings. The fourth-order valence-electron chi connectivity index (χ4n) is 1.37. The number of aliphatic carboxylic acids is 2. The van der Waals surface area contributed by atoms with Gasteiger partial charge in [0.1, 0.15) is 0 Å². The molecular weight excluding hydrogens is 248 g/mol. The Morgan fingerprint density at radius 3 is 1.26 bits per heavy atom. The standard InChI is InChI=1S/C7H15NO2.C6H13NO2/c8-6-4-2-1-3-5-7(9)10;7-5-3-1-2-4-6(8)9/h1-6,8H2,(H,9,10);1-5,7H2,(H,8,9). The number of hydrogen-bond acceptors (Lipinski definition) is 4. The summed E-state index contributed by atoms with van der Waals surface area (Å²) in [4.78, 5) is 19.9. The first-order chi connectivity index (χ1) is 9.04. The van der Waals surface area contributed by atoms with E-state index in [4.69, 9.17) is 21.7 Å². The van der Waals surface area contributed by atoms with Crippen LogP contribution in [-0.4, -0.2) is 35.2 Å². The minimum atomic E-state index is -0.716. The molecule has 19 heavy (non-hydrogen) atoms. The molecule has 0 saturated heterocycles. The Bertz CT molecular complexity index is 223. The lowest BCUT2D eigenvalue weighted by atomic mass is 10.1. The van der Waals surface area contributed by atoms with E-state index in [-0.39, 0.29) is 6.42 Å². The van der Waals surface area contributed by atoms with E-state index in [1.54, 1.807) is 0 Å². The van der Waals surface area contributed by atoms with Gasteiger partial charge < -0.3 is 21.7 Å². The zero-order valence-corrected chi connectivity index (χ0v) is 11.6. The second kappa shape index (κ2) is 16.9. The van der Waals surface area contributed by atoms with Crippen LogP contribution in [-0.2, 0) is 9.59 Å². The smallest absolute Gasteiger partial charge is 0.303 e. The number of carbonyl (C=O) groups is 2. The van der Waals surface area contributed by atoms with Crippen molar-refractivity contribution in [1.82, 2.24) is 0 Å². The number of nitrogens with two attached hydrogens (primary N) is 2. The molecule has 0 aromatic heterocycles. The van der Waals surface area contributed by atoms with Gasteiger partial charge in [0.25, 0.3) is 0 Å². The van der Waals surface area contributed by atoms with Gasteiger partial charge >= 0.3 is 11.9 Å². The maximum Gasteiger partial charge on any atom is 0.303 e. The Balaban J connectivity index is 0. The van der Waals surface area contributed by atoms with E-state index in [2.05, 4.69) is 0 Å². The van der Waals surface area contributed by atoms with Crippen molar-refractivity contribution in [2.24, 2.45) is 11.5 Å². The summed E-state index contributed by atoms with van der Waals surface area (Å²) >= 11 is 0. The third-order valence-electron chi connectivity index (χ3n) is 2.44. The molecule has 0 aliphatic heterocycles. The van der Waals surface area contributed by atoms with Crippen LogP contribution in [0.3, 0.4) is 0 Å². The van der Waals surface area contributed by atoms with Crippen LogP contribution in [0.2, 0.25) is 0 Å². The Labute approximate surface area is 115 Å². The number of carboxylic acids is 2. The lowest BCUT2D eigenvalue weighted by Gasteiger charge is -1.95. The summed E-state index contributed by atoms with van der Waals surface area (Å²) in [7, 11) is 0. The third kappa shape index (κ3) is 26.5. The van der Waals surface area contributed by atoms with Gasteiger partial charge in [-0.05, 0) is 38.8 Å². The van der Waals surface area contributed by atoms with Crippen LogP contribution in [0.25, 0.3) is 0 Å². The molecule has 6 N–H and O–H groups in total. The third-order valence-corrected chi connectivity index (χ3v) is 2.44. The maximum absolute atomic E-state index is 10.0. The second-order valence-corrected chi connectivity index (χ2v) is 4.34. The first-order valence-electron chi connectivity index (χ1n) is 6.88. The van der Waals surface area contributed by atoms with Crippen molar-refractivity contribution in [2.45, 2.75) is 57.8 Å². The molecule has 114 valence electrons. The van der Waals surface area contributed by atoms with Crippen molar-refractivity contribution in [3.63, 3.8) is 0 Å². The average molecular weight is 276 g/mol. The minimum absolute atomic E-state index is 0.278. The molecule has 0 saturated carbocycles. The number of hydrogen-bond donors (Lipinski definition) is 4. The van der Waals surface area contributed by atoms with E-state index in [1.807, 2.05) is 0 Å². The van der Waals surface area contributed by atoms with Gasteiger partial charge in [-0.25, -0.2) is 0 Å². The molecule has 6 heteroatoms. The Hall–Kier alpha value is -1.14. The second-order valence-electron chi connectivity index (χ2n) is 4.34. The maximum atomic E-state index is 10.0. The van der Waals surface area contributed by atoms with Gasteiger partial charge in [-0.1, -0.05) is 19.3 Å². The van der Waals surface area contributed by atoms with Crippen molar-refractivity contribution in [3.05, 3.63) is 0 Å². The molecule has 0 rings (SSSR count). The van der Waals surface area contributed by atoms with Crippen LogP contribution in [0.5, 0.6) is 0 Å². The minimum Gasteiger partial charge on any atom is -0.481 e. The van der Waals surface area contributed by atoms with Crippen LogP contribution in [0, 0.1) is 0 Å². The molecule has 6 nitrogen and oxygen atoms in total. The van der Waals surface area contributed by atoms with Crippen LogP contribution >= 0.6 is 0 Å². The van der Waals surface area contributed by atoms with Crippen LogP contribution in [0.1, 0.15) is 57.8 Å². The topological polar surface area (TPSA) is 127 Å². The summed E-state index contributed by atoms with van der Waals surface area (Å²) in [6.45, 7) is 1.38. The summed E-state index contributed by atoms with van der Waals surface area (Å²) in [5.74, 6) is -1.42. The fraction of sp³-hybridized carbons (Fsp3) is 0.846. The molecule has 0 aliphatic carbocycles. The summed E-state index contributed by atoms with van der Waals surface area (Å²) in [6, 6.07) is 0. The molecule has 0 unspecified atom stereocenters. The number of rotatable bonds is 11. The monoisotopic (exact) mass is 276 g/mol. The molecular formula is C13H28N2O4. The molecule has 0 fully saturated rings. The van der Waals surface area contributed by atoms with Gasteiger partial charge in [0.2, 0.25) is 0 Å². The zero-order valence-electron chi connectivity index (χ0n) is 11.6. The van der Waals surface area contributed by atoms with Gasteiger partial charge in [-0.3, -0.25) is 9.59 Å². The van der Waals surface area contributed by atoms with E-state index >= 15 is 0 Å². The molecule has 0 atom stereocenters. The van der Waals surface area contributed by atoms with Crippen LogP contribution < -0.4 is 11.5 Å². The van der Waals surface area contributed by atoms with Crippen LogP contribution in [0.15, 0.2) is 0 Å². The highest BCUT2D eigenvalue weighted by Crippen LogP contribution is 2.01. The van der Waals surface area contributed by atoms with E-state index < -0.39 is 11.9 Å². The first kappa shape index (κ1) is 20.2. The van der Waals surface area contributed by atoms with Crippen LogP contribution in [0.4, 0.5) is 0 Å². The summed E-state index contributed by atoms with van der Waals surface area (Å²) in [6.07, 6.45) is 7.05. The molecule has 0 heterocycles. The van der Waals surface area contributed by atoms with Crippen molar-refractivity contribution < 1.29 is 19.8 Å². The molecule has 0 amide bonds. The molecule has 0 spiro atoms. The summed E-state index contributed by atoms with van der Waals surface area (Å²) < 4.78 is 0. The van der Waals surface area contributed by atoms with Gasteiger partial charge in [0.05, 0.1) is 0 Å². The number of unbranched alkanes of at least 4 members (excludes halogenated alkanes) is 5. The van der Waals surface area contributed by atoms with E-state index in [0.29, 0.717) is 19.5 Å². The summed E-state index contributed by atoms with van der Waals surface area (Å²) in [5, 5.41) is 16.4. The van der Waals surface area contributed by atoms with Gasteiger partial charge in [0, 0.05) is 12.8 Å². The lowest BCUT2D eigenvalue weighted by molar-refractivity contribution is -0.138. The van der Waals surface area contributed by atoms with Crippen molar-refractivity contribution >= 4 is 11.9 Å². The zero-order chi connectivity index (χ0) is 14.9. The Morgan fingerprint density at radius 1 is 0.632 bits per heavy atom. The predicted molar refractivity (Wildman–Crippen MR) is 74.9 cm³/mol. The lowest BCUT2D eigenvalue weighted by Crippen LogP contribution is -1.99. The highest BCUT2D eigenvalue weighted by molar-refractivity contribution is 5.66. The average Bonchev–Trinajstić information content (AvgIpc) is 2.35. The largest absolute Gasteiger partial charge is 0.481 e. The van der Waals surface area contributed by atoms with Crippen molar-refractivity contribution in [2.75, 3.05) is 13.1 Å². The van der Waals surface area contributed by atoms with E-state index in [1.165, 1.54) is 0 Å². The molecule has 0 bridgehead atoms. The summed E-state index contributed by atoms with van der Waals surface area (Å²) in [5.41, 5.74) is 10.5. The van der Waals surface area contributed by atoms with E-state index in [0.717, 1.165) is 44.9 Å². The molecule has 0 aromatic carbocycles. The van der Waals surface area contributed by atoms with E-state index in [9.17, 15) is 9.59 Å². The fourth-order valence-corrected chi connectivity index (χ4v) is 1.37. The first-order valence-corrected chi connectivity index (χ1v) is 6.88. The SMILES string of the molecule is NCCCCCC(=O)O.NCCCCCCC(=O)O. The van der Waals surface area contributed by atoms with Gasteiger partial charge in [-0.15, -0.1) is 0 Å². The highest BCUT2D eigenvalue weighted by atomic mass is 16.4. The quantitative estimate of drug-likeness (QED) is 0.424. The Kier molecular flexibility index (Phi) is 17.9. The Morgan fingerprint density at radius 2 is 0.947 bits per heavy atom. The normalized spacial score (nSPS) is 9.58. The number of carboxylic acid groups (broad SMARTS) is 2. The highest BCUT2D eigenvalue weighted by Gasteiger charge is 1.95.